The Bertz CT molecular complexity index is 930. The van der Waals surface area contributed by atoms with E-state index in [4.69, 9.17) is 4.98 Å². The molecule has 2 saturated heterocycles. The van der Waals surface area contributed by atoms with Crippen molar-refractivity contribution in [3.63, 3.8) is 0 Å². The summed E-state index contributed by atoms with van der Waals surface area (Å²) >= 11 is 1.78. The lowest BCUT2D eigenvalue weighted by Gasteiger charge is -2.25. The van der Waals surface area contributed by atoms with Crippen molar-refractivity contribution in [1.29, 1.82) is 0 Å². The van der Waals surface area contributed by atoms with Gasteiger partial charge in [0, 0.05) is 31.9 Å². The predicted octanol–water partition coefficient (Wildman–Crippen LogP) is 3.81. The van der Waals surface area contributed by atoms with Gasteiger partial charge in [-0.05, 0) is 63.9 Å². The van der Waals surface area contributed by atoms with E-state index in [1.54, 1.807) is 28.2 Å². The summed E-state index contributed by atoms with van der Waals surface area (Å²) in [5.41, 5.74) is 1.80. The number of rotatable bonds is 7. The highest BCUT2D eigenvalue weighted by atomic mass is 32.2. The Morgan fingerprint density at radius 3 is 2.38 bits per heavy atom. The fraction of sp³-hybridized carbons (Fsp3) is 0.667. The average Bonchev–Trinajstić information content (AvgIpc) is 3.11. The Morgan fingerprint density at radius 1 is 1.00 bits per heavy atom. The summed E-state index contributed by atoms with van der Waals surface area (Å²) in [5.74, 6) is 1.02. The van der Waals surface area contributed by atoms with Gasteiger partial charge in [-0.25, -0.2) is 13.4 Å². The molecule has 0 atom stereocenters. The van der Waals surface area contributed by atoms with E-state index in [-0.39, 0.29) is 0 Å². The van der Waals surface area contributed by atoms with E-state index < -0.39 is 10.0 Å². The molecule has 3 heterocycles. The lowest BCUT2D eigenvalue weighted by Crippen LogP contribution is -2.35. The number of hydrogen-bond donors (Lipinski definition) is 0. The fourth-order valence-corrected chi connectivity index (χ4v) is 6.98. The molecule has 0 amide bonds. The number of hydrogen-bond acceptors (Lipinski definition) is 5. The number of nitrogens with zero attached hydrogens (tertiary/aromatic N) is 4. The average molecular weight is 437 g/mol. The van der Waals surface area contributed by atoms with E-state index in [2.05, 4.69) is 16.4 Å². The zero-order valence-corrected chi connectivity index (χ0v) is 19.0. The molecule has 6 nitrogen and oxygen atoms in total. The molecule has 0 saturated carbocycles. The lowest BCUT2D eigenvalue weighted by atomic mass is 10.1. The van der Waals surface area contributed by atoms with Gasteiger partial charge in [-0.2, -0.15) is 4.31 Å². The number of aryl methyl sites for hydroxylation is 1. The van der Waals surface area contributed by atoms with Crippen molar-refractivity contribution >= 4 is 32.8 Å². The Morgan fingerprint density at radius 2 is 1.69 bits per heavy atom. The molecule has 2 aliphatic heterocycles. The maximum absolute atomic E-state index is 13.0. The summed E-state index contributed by atoms with van der Waals surface area (Å²) in [6, 6.07) is 5.44. The zero-order chi connectivity index (χ0) is 20.3. The van der Waals surface area contributed by atoms with Gasteiger partial charge in [0.05, 0.1) is 15.9 Å². The van der Waals surface area contributed by atoms with Crippen LogP contribution in [0.3, 0.4) is 0 Å². The minimum absolute atomic E-state index is 0.373. The minimum atomic E-state index is -3.42. The van der Waals surface area contributed by atoms with Gasteiger partial charge < -0.3 is 9.47 Å². The van der Waals surface area contributed by atoms with Crippen LogP contribution in [0.5, 0.6) is 0 Å². The number of piperidine rings is 2. The SMILES string of the molecule is CCn1c(SCCN2CCCCC2)nc2cc(S(=O)(=O)N3CCCCC3)ccc21. The van der Waals surface area contributed by atoms with Crippen molar-refractivity contribution in [2.24, 2.45) is 0 Å². The van der Waals surface area contributed by atoms with Crippen LogP contribution in [0.25, 0.3) is 11.0 Å². The third-order valence-electron chi connectivity index (χ3n) is 6.04. The van der Waals surface area contributed by atoms with Crippen molar-refractivity contribution in [3.8, 4) is 0 Å². The molecule has 1 aromatic heterocycles. The van der Waals surface area contributed by atoms with Gasteiger partial charge in [0.2, 0.25) is 10.0 Å². The molecular formula is C21H32N4O2S2. The molecule has 2 aromatic rings. The van der Waals surface area contributed by atoms with Crippen LogP contribution in [0.4, 0.5) is 0 Å². The van der Waals surface area contributed by atoms with E-state index in [0.29, 0.717) is 18.0 Å². The third-order valence-corrected chi connectivity index (χ3v) is 8.89. The smallest absolute Gasteiger partial charge is 0.243 e. The van der Waals surface area contributed by atoms with E-state index >= 15 is 0 Å². The van der Waals surface area contributed by atoms with Crippen molar-refractivity contribution in [2.75, 3.05) is 38.5 Å². The van der Waals surface area contributed by atoms with Crippen LogP contribution in [-0.2, 0) is 16.6 Å². The molecular weight excluding hydrogens is 404 g/mol. The topological polar surface area (TPSA) is 58.4 Å². The van der Waals surface area contributed by atoms with Crippen LogP contribution in [0.15, 0.2) is 28.3 Å². The largest absolute Gasteiger partial charge is 0.319 e. The summed E-state index contributed by atoms with van der Waals surface area (Å²) in [5, 5.41) is 0.993. The predicted molar refractivity (Wildman–Crippen MR) is 119 cm³/mol. The number of fused-ring (bicyclic) bond motifs is 1. The van der Waals surface area contributed by atoms with Gasteiger partial charge in [0.25, 0.3) is 0 Å². The molecule has 0 spiro atoms. The quantitative estimate of drug-likeness (QED) is 0.618. The van der Waals surface area contributed by atoms with Crippen LogP contribution < -0.4 is 0 Å². The van der Waals surface area contributed by atoms with Crippen molar-refractivity contribution in [3.05, 3.63) is 18.2 Å². The molecule has 0 aliphatic carbocycles. The standard InChI is InChI=1S/C21H32N4O2S2/c1-2-25-20-10-9-18(29(26,27)24-13-7-4-8-14-24)17-19(20)22-21(25)28-16-15-23-11-5-3-6-12-23/h9-10,17H,2-8,11-16H2,1H3. The van der Waals surface area contributed by atoms with Gasteiger partial charge in [-0.1, -0.05) is 24.6 Å². The van der Waals surface area contributed by atoms with Crippen molar-refractivity contribution in [1.82, 2.24) is 18.8 Å². The first-order chi connectivity index (χ1) is 14.1. The number of benzene rings is 1. The van der Waals surface area contributed by atoms with Crippen LogP contribution in [0.1, 0.15) is 45.4 Å². The summed E-state index contributed by atoms with van der Waals surface area (Å²) in [4.78, 5) is 7.72. The van der Waals surface area contributed by atoms with Crippen molar-refractivity contribution in [2.45, 2.75) is 62.0 Å². The second-order valence-electron chi connectivity index (χ2n) is 8.00. The molecule has 8 heteroatoms. The van der Waals surface area contributed by atoms with Crippen LogP contribution in [0.2, 0.25) is 0 Å². The van der Waals surface area contributed by atoms with Crippen LogP contribution in [0, 0.1) is 0 Å². The number of imidazole rings is 1. The van der Waals surface area contributed by atoms with Gasteiger partial charge in [-0.15, -0.1) is 0 Å². The van der Waals surface area contributed by atoms with E-state index in [0.717, 1.165) is 54.3 Å². The summed E-state index contributed by atoms with van der Waals surface area (Å²) < 4.78 is 29.9. The number of sulfonamides is 1. The second-order valence-corrected chi connectivity index (χ2v) is 11.0. The molecule has 4 rings (SSSR count). The molecule has 0 N–H and O–H groups in total. The number of aromatic nitrogens is 2. The van der Waals surface area contributed by atoms with E-state index in [9.17, 15) is 8.42 Å². The Hall–Kier alpha value is -1.09. The highest BCUT2D eigenvalue weighted by Crippen LogP contribution is 2.28. The fourth-order valence-electron chi connectivity index (χ4n) is 4.37. The Labute approximate surface area is 178 Å². The first kappa shape index (κ1) is 21.2. The summed E-state index contributed by atoms with van der Waals surface area (Å²) in [6.45, 7) is 7.72. The maximum atomic E-state index is 13.0. The maximum Gasteiger partial charge on any atom is 0.243 e. The summed E-state index contributed by atoms with van der Waals surface area (Å²) in [7, 11) is -3.42. The van der Waals surface area contributed by atoms with Gasteiger partial charge in [0.15, 0.2) is 5.16 Å². The lowest BCUT2D eigenvalue weighted by molar-refractivity contribution is 0.242. The zero-order valence-electron chi connectivity index (χ0n) is 17.3. The molecule has 1 aromatic carbocycles. The monoisotopic (exact) mass is 436 g/mol. The van der Waals surface area contributed by atoms with Gasteiger partial charge >= 0.3 is 0 Å². The Balaban J connectivity index is 1.52. The van der Waals surface area contributed by atoms with E-state index in [1.165, 1.54) is 32.4 Å². The molecule has 29 heavy (non-hydrogen) atoms. The van der Waals surface area contributed by atoms with Crippen LogP contribution >= 0.6 is 11.8 Å². The third kappa shape index (κ3) is 4.65. The van der Waals surface area contributed by atoms with Crippen molar-refractivity contribution < 1.29 is 8.42 Å². The highest BCUT2D eigenvalue weighted by Gasteiger charge is 2.26. The molecule has 0 bridgehead atoms. The molecule has 2 fully saturated rings. The normalized spacial score (nSPS) is 19.8. The molecule has 160 valence electrons. The van der Waals surface area contributed by atoms with Gasteiger partial charge in [-0.3, -0.25) is 0 Å². The molecule has 0 radical (unpaired) electrons. The molecule has 0 unspecified atom stereocenters. The highest BCUT2D eigenvalue weighted by molar-refractivity contribution is 7.99. The Kier molecular flexibility index (Phi) is 6.83. The second kappa shape index (κ2) is 9.37. The minimum Gasteiger partial charge on any atom is -0.319 e. The number of likely N-dealkylation sites (tertiary alicyclic amines) is 1. The molecule has 2 aliphatic rings. The number of thioether (sulfide) groups is 1. The van der Waals surface area contributed by atoms with Crippen LogP contribution in [-0.4, -0.2) is 65.7 Å². The van der Waals surface area contributed by atoms with E-state index in [1.807, 2.05) is 6.07 Å². The van der Waals surface area contributed by atoms with Gasteiger partial charge in [0.1, 0.15) is 0 Å². The first-order valence-corrected chi connectivity index (χ1v) is 13.4. The summed E-state index contributed by atoms with van der Waals surface area (Å²) in [6.07, 6.45) is 6.99. The first-order valence-electron chi connectivity index (χ1n) is 10.9.